The third-order valence-electron chi connectivity index (χ3n) is 4.00. The van der Waals surface area contributed by atoms with Gasteiger partial charge in [-0.15, -0.1) is 5.10 Å². The molecule has 0 spiro atoms. The summed E-state index contributed by atoms with van der Waals surface area (Å²) in [7, 11) is 0. The average Bonchev–Trinajstić information content (AvgIpc) is 3.09. The van der Waals surface area contributed by atoms with Crippen molar-refractivity contribution in [2.75, 3.05) is 6.61 Å². The monoisotopic (exact) mass is 321 g/mol. The minimum atomic E-state index is 0.765. The van der Waals surface area contributed by atoms with Crippen molar-refractivity contribution < 1.29 is 4.74 Å². The highest BCUT2D eigenvalue weighted by molar-refractivity contribution is 5.35. The molecule has 0 saturated heterocycles. The summed E-state index contributed by atoms with van der Waals surface area (Å²) >= 11 is 0. The number of ether oxygens (including phenoxy) is 1. The molecular weight excluding hydrogens is 298 g/mol. The Morgan fingerprint density at radius 3 is 2.62 bits per heavy atom. The summed E-state index contributed by atoms with van der Waals surface area (Å²) in [6.45, 7) is 5.01. The number of benzene rings is 2. The molecule has 0 aliphatic rings. The molecule has 0 unspecified atom stereocenters. The lowest BCUT2D eigenvalue weighted by atomic mass is 10.0. The van der Waals surface area contributed by atoms with Crippen LogP contribution >= 0.6 is 0 Å². The third-order valence-corrected chi connectivity index (χ3v) is 4.00. The molecule has 24 heavy (non-hydrogen) atoms. The lowest BCUT2D eigenvalue weighted by Gasteiger charge is -2.09. The van der Waals surface area contributed by atoms with Crippen molar-refractivity contribution in [2.24, 2.45) is 0 Å². The molecule has 1 aromatic heterocycles. The van der Waals surface area contributed by atoms with E-state index in [-0.39, 0.29) is 0 Å². The van der Waals surface area contributed by atoms with E-state index in [4.69, 9.17) is 4.74 Å². The molecule has 0 bridgehead atoms. The lowest BCUT2D eigenvalue weighted by molar-refractivity contribution is 0.317. The Kier molecular flexibility index (Phi) is 5.26. The second kappa shape index (κ2) is 7.77. The molecule has 3 aromatic rings. The van der Waals surface area contributed by atoms with Crippen molar-refractivity contribution in [1.82, 2.24) is 15.0 Å². The number of para-hydroxylation sites is 1. The number of aryl methyl sites for hydroxylation is 3. The second-order valence-corrected chi connectivity index (χ2v) is 5.93. The van der Waals surface area contributed by atoms with Crippen LogP contribution in [0.5, 0.6) is 5.75 Å². The van der Waals surface area contributed by atoms with Gasteiger partial charge < -0.3 is 4.74 Å². The van der Waals surface area contributed by atoms with Gasteiger partial charge in [0.05, 0.1) is 24.2 Å². The standard InChI is InChI=1S/C20H23N3O/c1-3-13-24-20-12-10-17(16(2)14-20)9-11-18-15-23(22-21-18)19-7-5-4-6-8-19/h4-8,10,12,14-15H,3,9,11,13H2,1-2H3. The molecule has 4 nitrogen and oxygen atoms in total. The summed E-state index contributed by atoms with van der Waals surface area (Å²) in [5.74, 6) is 0.952. The Hall–Kier alpha value is -2.62. The molecule has 0 aliphatic carbocycles. The summed E-state index contributed by atoms with van der Waals surface area (Å²) < 4.78 is 7.50. The topological polar surface area (TPSA) is 39.9 Å². The molecule has 0 amide bonds. The molecule has 2 aromatic carbocycles. The van der Waals surface area contributed by atoms with Crippen molar-refractivity contribution >= 4 is 0 Å². The van der Waals surface area contributed by atoms with E-state index in [1.807, 2.05) is 41.2 Å². The normalized spacial score (nSPS) is 10.8. The first-order chi connectivity index (χ1) is 11.8. The number of nitrogens with zero attached hydrogens (tertiary/aromatic N) is 3. The molecule has 3 rings (SSSR count). The van der Waals surface area contributed by atoms with Crippen molar-refractivity contribution in [3.05, 3.63) is 71.5 Å². The number of hydrogen-bond donors (Lipinski definition) is 0. The molecular formula is C20H23N3O. The van der Waals surface area contributed by atoms with Crippen LogP contribution in [-0.4, -0.2) is 21.6 Å². The zero-order valence-corrected chi connectivity index (χ0v) is 14.3. The van der Waals surface area contributed by atoms with Crippen LogP contribution < -0.4 is 4.74 Å². The van der Waals surface area contributed by atoms with Gasteiger partial charge in [0.15, 0.2) is 0 Å². The molecule has 0 fully saturated rings. The quantitative estimate of drug-likeness (QED) is 0.656. The minimum Gasteiger partial charge on any atom is -0.494 e. The van der Waals surface area contributed by atoms with Crippen LogP contribution in [0.25, 0.3) is 5.69 Å². The van der Waals surface area contributed by atoms with E-state index < -0.39 is 0 Å². The van der Waals surface area contributed by atoms with Crippen LogP contribution in [0.1, 0.15) is 30.2 Å². The molecule has 0 aliphatic heterocycles. The number of hydrogen-bond acceptors (Lipinski definition) is 3. The first kappa shape index (κ1) is 16.2. The van der Waals surface area contributed by atoms with E-state index in [9.17, 15) is 0 Å². The Morgan fingerprint density at radius 2 is 1.88 bits per heavy atom. The van der Waals surface area contributed by atoms with Crippen LogP contribution in [-0.2, 0) is 12.8 Å². The molecule has 1 heterocycles. The maximum atomic E-state index is 5.68. The summed E-state index contributed by atoms with van der Waals surface area (Å²) in [4.78, 5) is 0. The fourth-order valence-electron chi connectivity index (χ4n) is 2.64. The van der Waals surface area contributed by atoms with E-state index in [0.717, 1.165) is 43.0 Å². The van der Waals surface area contributed by atoms with Crippen LogP contribution in [0.4, 0.5) is 0 Å². The maximum Gasteiger partial charge on any atom is 0.119 e. The molecule has 0 saturated carbocycles. The summed E-state index contributed by atoms with van der Waals surface area (Å²) in [5, 5.41) is 8.50. The Balaban J connectivity index is 1.63. The molecule has 4 heteroatoms. The largest absolute Gasteiger partial charge is 0.494 e. The van der Waals surface area contributed by atoms with Gasteiger partial charge in [0, 0.05) is 0 Å². The molecule has 0 N–H and O–H groups in total. The Morgan fingerprint density at radius 1 is 1.04 bits per heavy atom. The summed E-state index contributed by atoms with van der Waals surface area (Å²) in [5.41, 5.74) is 4.63. The predicted molar refractivity (Wildman–Crippen MR) is 95.7 cm³/mol. The Bertz CT molecular complexity index is 781. The molecule has 124 valence electrons. The van der Waals surface area contributed by atoms with Crippen LogP contribution in [0.2, 0.25) is 0 Å². The van der Waals surface area contributed by atoms with Gasteiger partial charge >= 0.3 is 0 Å². The second-order valence-electron chi connectivity index (χ2n) is 5.93. The fourth-order valence-corrected chi connectivity index (χ4v) is 2.64. The van der Waals surface area contributed by atoms with E-state index >= 15 is 0 Å². The predicted octanol–water partition coefficient (Wildman–Crippen LogP) is 4.15. The van der Waals surface area contributed by atoms with Crippen molar-refractivity contribution in [2.45, 2.75) is 33.1 Å². The van der Waals surface area contributed by atoms with Crippen molar-refractivity contribution in [3.63, 3.8) is 0 Å². The van der Waals surface area contributed by atoms with Gasteiger partial charge in [0.2, 0.25) is 0 Å². The summed E-state index contributed by atoms with van der Waals surface area (Å²) in [6.07, 6.45) is 4.86. The molecule has 0 radical (unpaired) electrons. The zero-order valence-electron chi connectivity index (χ0n) is 14.3. The number of rotatable bonds is 7. The number of aromatic nitrogens is 3. The van der Waals surface area contributed by atoms with E-state index in [1.54, 1.807) is 0 Å². The SMILES string of the molecule is CCCOc1ccc(CCc2cn(-c3ccccc3)nn2)c(C)c1. The minimum absolute atomic E-state index is 0.765. The lowest BCUT2D eigenvalue weighted by Crippen LogP contribution is -1.98. The van der Waals surface area contributed by atoms with Crippen LogP contribution in [0, 0.1) is 6.92 Å². The van der Waals surface area contributed by atoms with E-state index in [0.29, 0.717) is 0 Å². The van der Waals surface area contributed by atoms with Crippen LogP contribution in [0.15, 0.2) is 54.7 Å². The van der Waals surface area contributed by atoms with Gasteiger partial charge in [0.1, 0.15) is 5.75 Å². The van der Waals surface area contributed by atoms with Gasteiger partial charge in [-0.2, -0.15) is 0 Å². The van der Waals surface area contributed by atoms with E-state index in [2.05, 4.69) is 42.4 Å². The highest BCUT2D eigenvalue weighted by Crippen LogP contribution is 2.19. The van der Waals surface area contributed by atoms with Gasteiger partial charge in [-0.25, -0.2) is 4.68 Å². The smallest absolute Gasteiger partial charge is 0.119 e. The maximum absolute atomic E-state index is 5.68. The van der Waals surface area contributed by atoms with Gasteiger partial charge in [-0.1, -0.05) is 36.4 Å². The fraction of sp³-hybridized carbons (Fsp3) is 0.300. The molecule has 0 atom stereocenters. The first-order valence-corrected chi connectivity index (χ1v) is 8.45. The van der Waals surface area contributed by atoms with Crippen LogP contribution in [0.3, 0.4) is 0 Å². The zero-order chi connectivity index (χ0) is 16.8. The summed E-state index contributed by atoms with van der Waals surface area (Å²) in [6, 6.07) is 16.4. The highest BCUT2D eigenvalue weighted by Gasteiger charge is 2.06. The van der Waals surface area contributed by atoms with Crippen molar-refractivity contribution in [3.8, 4) is 11.4 Å². The third kappa shape index (κ3) is 4.02. The van der Waals surface area contributed by atoms with Gasteiger partial charge in [0.25, 0.3) is 0 Å². The highest BCUT2D eigenvalue weighted by atomic mass is 16.5. The average molecular weight is 321 g/mol. The Labute approximate surface area is 143 Å². The van der Waals surface area contributed by atoms with E-state index in [1.165, 1.54) is 11.1 Å². The van der Waals surface area contributed by atoms with Gasteiger partial charge in [-0.3, -0.25) is 0 Å². The van der Waals surface area contributed by atoms with Gasteiger partial charge in [-0.05, 0) is 61.6 Å². The van der Waals surface area contributed by atoms with Crippen molar-refractivity contribution in [1.29, 1.82) is 0 Å². The first-order valence-electron chi connectivity index (χ1n) is 8.45.